The summed E-state index contributed by atoms with van der Waals surface area (Å²) in [4.78, 5) is 24.6. The minimum absolute atomic E-state index is 0.184. The van der Waals surface area contributed by atoms with Gasteiger partial charge in [0.2, 0.25) is 5.91 Å². The smallest absolute Gasteiger partial charge is 0.305 e. The fraction of sp³-hybridized carbons (Fsp3) is 0.857. The lowest BCUT2D eigenvalue weighted by Crippen LogP contribution is -2.27. The van der Waals surface area contributed by atoms with Crippen molar-refractivity contribution in [2.24, 2.45) is 0 Å². The monoisotopic (exact) mass is 319 g/mol. The van der Waals surface area contributed by atoms with Gasteiger partial charge in [-0.05, 0) is 25.7 Å². The number of esters is 1. The summed E-state index contributed by atoms with van der Waals surface area (Å²) in [6, 6.07) is 0. The molecule has 1 aliphatic rings. The predicted octanol–water partition coefficient (Wildman–Crippen LogP) is 3.11. The highest BCUT2D eigenvalue weighted by molar-refractivity contribution is 8.77. The molecule has 116 valence electrons. The topological polar surface area (TPSA) is 46.6 Å². The number of carbonyl (C=O) groups excluding carboxylic acids is 2. The Morgan fingerprint density at radius 2 is 2.05 bits per heavy atom. The molecular weight excluding hydrogens is 294 g/mol. The lowest BCUT2D eigenvalue weighted by Gasteiger charge is -2.17. The van der Waals surface area contributed by atoms with Gasteiger partial charge in [-0.2, -0.15) is 0 Å². The third-order valence-corrected chi connectivity index (χ3v) is 6.43. The second-order valence-electron chi connectivity index (χ2n) is 5.07. The molecule has 0 aromatic rings. The van der Waals surface area contributed by atoms with Crippen molar-refractivity contribution < 1.29 is 14.3 Å². The Morgan fingerprint density at radius 1 is 1.25 bits per heavy atom. The Kier molecular flexibility index (Phi) is 9.18. The molecule has 1 amide bonds. The van der Waals surface area contributed by atoms with Crippen molar-refractivity contribution in [2.75, 3.05) is 26.5 Å². The number of methoxy groups -OCH3 is 1. The Labute approximate surface area is 129 Å². The van der Waals surface area contributed by atoms with Gasteiger partial charge in [-0.1, -0.05) is 28.0 Å². The first-order valence-electron chi connectivity index (χ1n) is 7.22. The van der Waals surface area contributed by atoms with Crippen molar-refractivity contribution in [3.05, 3.63) is 0 Å². The Balaban J connectivity index is 2.01. The zero-order valence-electron chi connectivity index (χ0n) is 12.4. The van der Waals surface area contributed by atoms with Gasteiger partial charge < -0.3 is 9.64 Å². The van der Waals surface area contributed by atoms with Crippen molar-refractivity contribution >= 4 is 33.5 Å². The first-order chi connectivity index (χ1) is 9.63. The molecule has 0 saturated carbocycles. The molecule has 1 saturated heterocycles. The second kappa shape index (κ2) is 10.4. The summed E-state index contributed by atoms with van der Waals surface area (Å²) in [6.07, 6.45) is 6.34. The number of amides is 1. The molecule has 1 rings (SSSR count). The molecule has 0 N–H and O–H groups in total. The lowest BCUT2D eigenvalue weighted by molar-refractivity contribution is -0.141. The van der Waals surface area contributed by atoms with E-state index < -0.39 is 0 Å². The van der Waals surface area contributed by atoms with Crippen LogP contribution in [0.2, 0.25) is 0 Å². The third kappa shape index (κ3) is 7.43. The summed E-state index contributed by atoms with van der Waals surface area (Å²) >= 11 is 0. The minimum Gasteiger partial charge on any atom is -0.469 e. The van der Waals surface area contributed by atoms with Gasteiger partial charge in [0.15, 0.2) is 0 Å². The van der Waals surface area contributed by atoms with Crippen LogP contribution in [0.3, 0.4) is 0 Å². The summed E-state index contributed by atoms with van der Waals surface area (Å²) in [6.45, 7) is 0.628. The molecule has 1 aliphatic heterocycles. The molecule has 1 unspecified atom stereocenters. The van der Waals surface area contributed by atoms with Crippen LogP contribution in [0.4, 0.5) is 0 Å². The van der Waals surface area contributed by atoms with Crippen LogP contribution < -0.4 is 0 Å². The van der Waals surface area contributed by atoms with Crippen molar-refractivity contribution in [3.63, 3.8) is 0 Å². The predicted molar refractivity (Wildman–Crippen MR) is 85.8 cm³/mol. The van der Waals surface area contributed by atoms with Crippen molar-refractivity contribution in [3.8, 4) is 0 Å². The number of unbranched alkanes of at least 4 members (excludes halogenated alkanes) is 1. The molecule has 1 atom stereocenters. The number of carbonyl (C=O) groups is 2. The van der Waals surface area contributed by atoms with Crippen LogP contribution in [-0.4, -0.2) is 48.5 Å². The third-order valence-electron chi connectivity index (χ3n) is 3.42. The maximum Gasteiger partial charge on any atom is 0.305 e. The Hall–Kier alpha value is -0.360. The van der Waals surface area contributed by atoms with Gasteiger partial charge in [0.05, 0.1) is 7.11 Å². The minimum atomic E-state index is -0.210. The normalized spacial score (nSPS) is 18.0. The van der Waals surface area contributed by atoms with Gasteiger partial charge in [-0.25, -0.2) is 0 Å². The van der Waals surface area contributed by atoms with Crippen LogP contribution in [0, 0.1) is 0 Å². The van der Waals surface area contributed by atoms with E-state index >= 15 is 0 Å². The summed E-state index contributed by atoms with van der Waals surface area (Å²) in [7, 11) is 7.17. The molecule has 0 bridgehead atoms. The molecule has 6 heteroatoms. The van der Waals surface area contributed by atoms with E-state index in [1.807, 2.05) is 28.6 Å². The van der Waals surface area contributed by atoms with Crippen molar-refractivity contribution in [1.29, 1.82) is 0 Å². The first kappa shape index (κ1) is 17.7. The van der Waals surface area contributed by atoms with E-state index in [0.717, 1.165) is 18.1 Å². The number of hydrogen-bond acceptors (Lipinski definition) is 5. The van der Waals surface area contributed by atoms with Gasteiger partial charge in [0.25, 0.3) is 0 Å². The van der Waals surface area contributed by atoms with Crippen molar-refractivity contribution in [2.45, 2.75) is 50.2 Å². The maximum atomic E-state index is 11.9. The molecule has 20 heavy (non-hydrogen) atoms. The van der Waals surface area contributed by atoms with E-state index in [1.165, 1.54) is 25.7 Å². The molecule has 0 radical (unpaired) electrons. The average Bonchev–Trinajstić information content (AvgIpc) is 2.96. The fourth-order valence-electron chi connectivity index (χ4n) is 2.09. The molecule has 0 aromatic carbocycles. The summed E-state index contributed by atoms with van der Waals surface area (Å²) < 4.78 is 4.57. The van der Waals surface area contributed by atoms with Crippen molar-refractivity contribution in [1.82, 2.24) is 4.90 Å². The van der Waals surface area contributed by atoms with Crippen LogP contribution in [0.1, 0.15) is 44.9 Å². The zero-order valence-corrected chi connectivity index (χ0v) is 14.1. The second-order valence-corrected chi connectivity index (χ2v) is 7.86. The molecule has 4 nitrogen and oxygen atoms in total. The number of rotatable bonds is 9. The summed E-state index contributed by atoms with van der Waals surface area (Å²) in [5, 5.41) is 0.799. The van der Waals surface area contributed by atoms with Gasteiger partial charge in [-0.15, -0.1) is 0 Å². The highest BCUT2D eigenvalue weighted by atomic mass is 33.1. The first-order valence-corrected chi connectivity index (χ1v) is 9.60. The SMILES string of the molecule is COC(=O)CCCN(C)C(=O)CCCCC1CCSS1. The Morgan fingerprint density at radius 3 is 2.70 bits per heavy atom. The zero-order chi connectivity index (χ0) is 14.8. The highest BCUT2D eigenvalue weighted by Gasteiger charge is 2.16. The highest BCUT2D eigenvalue weighted by Crippen LogP contribution is 2.39. The largest absolute Gasteiger partial charge is 0.469 e. The summed E-state index contributed by atoms with van der Waals surface area (Å²) in [5.41, 5.74) is 0. The summed E-state index contributed by atoms with van der Waals surface area (Å²) in [5.74, 6) is 1.25. The van der Waals surface area contributed by atoms with Crippen LogP contribution in [0.25, 0.3) is 0 Å². The van der Waals surface area contributed by atoms with Crippen LogP contribution in [0.15, 0.2) is 0 Å². The van der Waals surface area contributed by atoms with E-state index in [4.69, 9.17) is 0 Å². The van der Waals surface area contributed by atoms with E-state index in [-0.39, 0.29) is 11.9 Å². The van der Waals surface area contributed by atoms with E-state index in [1.54, 1.807) is 4.90 Å². The number of nitrogens with zero attached hydrogens (tertiary/aromatic N) is 1. The van der Waals surface area contributed by atoms with Gasteiger partial charge in [0.1, 0.15) is 0 Å². The van der Waals surface area contributed by atoms with Gasteiger partial charge in [-0.3, -0.25) is 9.59 Å². The standard InChI is InChI=1S/C14H25NO3S2/c1-15(10-5-8-14(17)18-2)13(16)7-4-3-6-12-9-11-19-20-12/h12H,3-11H2,1-2H3. The van der Waals surface area contributed by atoms with E-state index in [0.29, 0.717) is 25.8 Å². The van der Waals surface area contributed by atoms with Crippen LogP contribution in [-0.2, 0) is 14.3 Å². The number of hydrogen-bond donors (Lipinski definition) is 0. The number of ether oxygens (including phenoxy) is 1. The fourth-order valence-corrected chi connectivity index (χ4v) is 5.12. The molecule has 0 aromatic heterocycles. The molecule has 0 spiro atoms. The lowest BCUT2D eigenvalue weighted by atomic mass is 10.1. The van der Waals surface area contributed by atoms with Crippen LogP contribution >= 0.6 is 21.6 Å². The van der Waals surface area contributed by atoms with E-state index in [2.05, 4.69) is 4.74 Å². The van der Waals surface area contributed by atoms with Gasteiger partial charge >= 0.3 is 5.97 Å². The maximum absolute atomic E-state index is 11.9. The molecule has 0 aliphatic carbocycles. The van der Waals surface area contributed by atoms with E-state index in [9.17, 15) is 9.59 Å². The molecule has 1 heterocycles. The Bertz CT molecular complexity index is 307. The van der Waals surface area contributed by atoms with Crippen LogP contribution in [0.5, 0.6) is 0 Å². The van der Waals surface area contributed by atoms with Gasteiger partial charge in [0, 0.05) is 37.4 Å². The average molecular weight is 319 g/mol. The molecule has 1 fully saturated rings. The molecular formula is C14H25NO3S2. The quantitative estimate of drug-likeness (QED) is 0.371.